The molecular formula is C54H35NO. The van der Waals surface area contributed by atoms with Gasteiger partial charge in [0.1, 0.15) is 11.2 Å². The van der Waals surface area contributed by atoms with Gasteiger partial charge in [0.2, 0.25) is 0 Å². The monoisotopic (exact) mass is 713 g/mol. The summed E-state index contributed by atoms with van der Waals surface area (Å²) in [5.74, 6) is 0. The van der Waals surface area contributed by atoms with Gasteiger partial charge in [-0.05, 0) is 109 Å². The van der Waals surface area contributed by atoms with Gasteiger partial charge in [-0.2, -0.15) is 0 Å². The van der Waals surface area contributed by atoms with E-state index in [4.69, 9.17) is 4.42 Å². The zero-order valence-corrected chi connectivity index (χ0v) is 30.6. The second-order valence-corrected chi connectivity index (χ2v) is 14.5. The average molecular weight is 714 g/mol. The normalized spacial score (nSPS) is 11.6. The Bertz CT molecular complexity index is 3250. The number of nitrogens with zero attached hydrogens (tertiary/aromatic N) is 1. The highest BCUT2D eigenvalue weighted by atomic mass is 16.3. The fourth-order valence-corrected chi connectivity index (χ4v) is 8.47. The van der Waals surface area contributed by atoms with Crippen LogP contribution in [0.4, 0.5) is 17.1 Å². The summed E-state index contributed by atoms with van der Waals surface area (Å²) in [6.45, 7) is 0. The number of hydrogen-bond acceptors (Lipinski definition) is 2. The van der Waals surface area contributed by atoms with Gasteiger partial charge in [0.05, 0.1) is 16.8 Å². The fraction of sp³-hybridized carbons (Fsp3) is 0. The lowest BCUT2D eigenvalue weighted by Gasteiger charge is -2.28. The molecule has 1 aromatic heterocycles. The lowest BCUT2D eigenvalue weighted by atomic mass is 9.95. The first kappa shape index (κ1) is 32.0. The minimum absolute atomic E-state index is 0.867. The van der Waals surface area contributed by atoms with Gasteiger partial charge in [0.15, 0.2) is 0 Å². The molecule has 0 radical (unpaired) electrons. The SMILES string of the molecule is c1ccc(N(c2ccc(-c3ccc4ccccc4c3)cc2)c2cccc3oc4ccccc4c23)c(-c2ccc(-c3ccc4c(ccc5ccccc54)c3)cc2)c1. The van der Waals surface area contributed by atoms with Crippen LogP contribution in [-0.4, -0.2) is 0 Å². The van der Waals surface area contributed by atoms with Crippen LogP contribution in [0.3, 0.4) is 0 Å². The molecule has 0 aliphatic rings. The summed E-state index contributed by atoms with van der Waals surface area (Å²) in [6.07, 6.45) is 0. The van der Waals surface area contributed by atoms with E-state index < -0.39 is 0 Å². The predicted octanol–water partition coefficient (Wildman–Crippen LogP) is 15.5. The third-order valence-corrected chi connectivity index (χ3v) is 11.2. The molecular weight excluding hydrogens is 679 g/mol. The number of rotatable bonds is 6. The quantitative estimate of drug-likeness (QED) is 0.160. The minimum atomic E-state index is 0.867. The number of furan rings is 1. The van der Waals surface area contributed by atoms with Gasteiger partial charge in [-0.25, -0.2) is 0 Å². The van der Waals surface area contributed by atoms with E-state index >= 15 is 0 Å². The van der Waals surface area contributed by atoms with Gasteiger partial charge in [-0.1, -0.05) is 164 Å². The second kappa shape index (κ2) is 13.2. The summed E-state index contributed by atoms with van der Waals surface area (Å²) in [5.41, 5.74) is 12.1. The molecule has 0 spiro atoms. The lowest BCUT2D eigenvalue weighted by molar-refractivity contribution is 0.669. The maximum Gasteiger partial charge on any atom is 0.137 e. The highest BCUT2D eigenvalue weighted by molar-refractivity contribution is 6.14. The zero-order valence-electron chi connectivity index (χ0n) is 30.6. The van der Waals surface area contributed by atoms with Crippen molar-refractivity contribution in [1.29, 1.82) is 0 Å². The van der Waals surface area contributed by atoms with Crippen molar-refractivity contribution < 1.29 is 4.42 Å². The molecule has 1 heterocycles. The van der Waals surface area contributed by atoms with E-state index in [0.29, 0.717) is 0 Å². The third-order valence-electron chi connectivity index (χ3n) is 11.2. The van der Waals surface area contributed by atoms with Crippen LogP contribution in [0.2, 0.25) is 0 Å². The zero-order chi connectivity index (χ0) is 37.0. The molecule has 0 fully saturated rings. The number of fused-ring (bicyclic) bond motifs is 7. The Morgan fingerprint density at radius 3 is 1.68 bits per heavy atom. The van der Waals surface area contributed by atoms with E-state index in [2.05, 4.69) is 211 Å². The van der Waals surface area contributed by atoms with Crippen LogP contribution in [0.25, 0.3) is 87.6 Å². The van der Waals surface area contributed by atoms with Gasteiger partial charge in [-0.15, -0.1) is 0 Å². The Morgan fingerprint density at radius 1 is 0.304 bits per heavy atom. The van der Waals surface area contributed by atoms with E-state index in [-0.39, 0.29) is 0 Å². The second-order valence-electron chi connectivity index (χ2n) is 14.5. The van der Waals surface area contributed by atoms with Crippen molar-refractivity contribution in [2.75, 3.05) is 4.90 Å². The van der Waals surface area contributed by atoms with Crippen molar-refractivity contribution in [1.82, 2.24) is 0 Å². The van der Waals surface area contributed by atoms with Gasteiger partial charge < -0.3 is 9.32 Å². The maximum atomic E-state index is 6.42. The van der Waals surface area contributed by atoms with Crippen LogP contribution in [0.15, 0.2) is 217 Å². The first-order chi connectivity index (χ1) is 27.7. The van der Waals surface area contributed by atoms with Crippen LogP contribution in [0.5, 0.6) is 0 Å². The molecule has 262 valence electrons. The molecule has 0 N–H and O–H groups in total. The third kappa shape index (κ3) is 5.42. The fourth-order valence-electron chi connectivity index (χ4n) is 8.47. The highest BCUT2D eigenvalue weighted by Crippen LogP contribution is 2.46. The standard InChI is InChI=1S/C54H35NO/c1-2-12-41-34-42(26-22-36(41)10-1)38-28-31-45(32-29-38)55(51-17-9-19-53-54(51)49-15-6-8-18-52(49)56-53)50-16-7-5-14-48(50)40-23-20-37(21-24-40)43-30-33-47-44(35-43)27-25-39-11-3-4-13-46(39)47/h1-35H. The summed E-state index contributed by atoms with van der Waals surface area (Å²) >= 11 is 0. The van der Waals surface area contributed by atoms with Crippen LogP contribution in [0, 0.1) is 0 Å². The van der Waals surface area contributed by atoms with E-state index in [1.54, 1.807) is 0 Å². The van der Waals surface area contributed by atoms with Crippen molar-refractivity contribution in [2.24, 2.45) is 0 Å². The van der Waals surface area contributed by atoms with Gasteiger partial charge in [0.25, 0.3) is 0 Å². The molecule has 0 aliphatic heterocycles. The number of anilines is 3. The molecule has 0 amide bonds. The van der Waals surface area contributed by atoms with Crippen molar-refractivity contribution in [2.45, 2.75) is 0 Å². The Morgan fingerprint density at radius 2 is 0.839 bits per heavy atom. The summed E-state index contributed by atoms with van der Waals surface area (Å²) in [5, 5.41) is 9.76. The van der Waals surface area contributed by atoms with Crippen LogP contribution < -0.4 is 4.90 Å². The van der Waals surface area contributed by atoms with Gasteiger partial charge in [0, 0.05) is 16.6 Å². The predicted molar refractivity (Wildman–Crippen MR) is 237 cm³/mol. The van der Waals surface area contributed by atoms with Gasteiger partial charge in [-0.3, -0.25) is 0 Å². The number of hydrogen-bond donors (Lipinski definition) is 0. The Balaban J connectivity index is 1.03. The maximum absolute atomic E-state index is 6.42. The summed E-state index contributed by atoms with van der Waals surface area (Å²) in [4.78, 5) is 2.39. The van der Waals surface area contributed by atoms with Crippen LogP contribution in [0.1, 0.15) is 0 Å². The molecule has 0 saturated heterocycles. The molecule has 2 nitrogen and oxygen atoms in total. The topological polar surface area (TPSA) is 16.4 Å². The van der Waals surface area contributed by atoms with Crippen molar-refractivity contribution in [3.05, 3.63) is 212 Å². The number of benzene rings is 10. The largest absolute Gasteiger partial charge is 0.456 e. The smallest absolute Gasteiger partial charge is 0.137 e. The molecule has 11 aromatic rings. The summed E-state index contributed by atoms with van der Waals surface area (Å²) in [6, 6.07) is 76.5. The van der Waals surface area contributed by atoms with E-state index in [9.17, 15) is 0 Å². The first-order valence-corrected chi connectivity index (χ1v) is 19.2. The molecule has 0 atom stereocenters. The molecule has 0 bridgehead atoms. The Labute approximate surface area is 325 Å². The van der Waals surface area contributed by atoms with Crippen molar-refractivity contribution in [3.8, 4) is 33.4 Å². The molecule has 0 aliphatic carbocycles. The van der Waals surface area contributed by atoms with Crippen molar-refractivity contribution >= 4 is 71.3 Å². The Kier molecular flexibility index (Phi) is 7.53. The molecule has 0 saturated carbocycles. The molecule has 56 heavy (non-hydrogen) atoms. The molecule has 0 unspecified atom stereocenters. The summed E-state index contributed by atoms with van der Waals surface area (Å²) < 4.78 is 6.42. The minimum Gasteiger partial charge on any atom is -0.456 e. The molecule has 11 rings (SSSR count). The average Bonchev–Trinajstić information content (AvgIpc) is 3.66. The number of para-hydroxylation sites is 2. The van der Waals surface area contributed by atoms with Gasteiger partial charge >= 0.3 is 0 Å². The lowest BCUT2D eigenvalue weighted by Crippen LogP contribution is -2.11. The highest BCUT2D eigenvalue weighted by Gasteiger charge is 2.22. The van der Waals surface area contributed by atoms with E-state index in [0.717, 1.165) is 50.1 Å². The van der Waals surface area contributed by atoms with E-state index in [1.165, 1.54) is 54.6 Å². The van der Waals surface area contributed by atoms with Crippen molar-refractivity contribution in [3.63, 3.8) is 0 Å². The molecule has 10 aromatic carbocycles. The first-order valence-electron chi connectivity index (χ1n) is 19.2. The molecule has 2 heteroatoms. The van der Waals surface area contributed by atoms with E-state index in [1.807, 2.05) is 6.07 Å². The van der Waals surface area contributed by atoms with Crippen LogP contribution >= 0.6 is 0 Å². The Hall–Kier alpha value is -7.42. The summed E-state index contributed by atoms with van der Waals surface area (Å²) in [7, 11) is 0. The van der Waals surface area contributed by atoms with Crippen LogP contribution in [-0.2, 0) is 0 Å².